The molecule has 2 heterocycles. The van der Waals surface area contributed by atoms with Gasteiger partial charge in [-0.2, -0.15) is 13.2 Å². The minimum absolute atomic E-state index is 0.0678. The molecule has 1 amide bonds. The number of hydrogen-bond acceptors (Lipinski definition) is 4. The van der Waals surface area contributed by atoms with Crippen molar-refractivity contribution >= 4 is 11.7 Å². The van der Waals surface area contributed by atoms with Gasteiger partial charge in [0, 0.05) is 11.9 Å². The fourth-order valence-electron chi connectivity index (χ4n) is 2.29. The zero-order valence-electron chi connectivity index (χ0n) is 14.1. The zero-order valence-corrected chi connectivity index (χ0v) is 14.1. The minimum Gasteiger partial charge on any atom is -0.438 e. The third kappa shape index (κ3) is 4.60. The van der Waals surface area contributed by atoms with Crippen LogP contribution in [-0.2, 0) is 6.18 Å². The standard InChI is InChI=1S/C19H14F3N3O2/c1-12-5-2-9-16(24-12)25-17(26)15-8-4-10-23-18(15)27-14-7-3-6-13(11-14)19(20,21)22/h2-11H,1H3,(H,24,25,26). The molecule has 0 aliphatic rings. The number of halogens is 3. The number of anilines is 1. The normalized spacial score (nSPS) is 11.1. The molecule has 0 fully saturated rings. The van der Waals surface area contributed by atoms with Crippen molar-refractivity contribution in [3.8, 4) is 11.6 Å². The number of aromatic nitrogens is 2. The smallest absolute Gasteiger partial charge is 0.416 e. The number of ether oxygens (including phenoxy) is 1. The number of benzene rings is 1. The Morgan fingerprint density at radius 1 is 1.07 bits per heavy atom. The molecule has 5 nitrogen and oxygen atoms in total. The third-order valence-corrected chi connectivity index (χ3v) is 3.52. The van der Waals surface area contributed by atoms with Gasteiger partial charge in [-0.25, -0.2) is 9.97 Å². The van der Waals surface area contributed by atoms with Crippen LogP contribution in [0.1, 0.15) is 21.6 Å². The fraction of sp³-hybridized carbons (Fsp3) is 0.105. The Balaban J connectivity index is 1.85. The maximum absolute atomic E-state index is 12.8. The number of rotatable bonds is 4. The van der Waals surface area contributed by atoms with Crippen molar-refractivity contribution in [2.24, 2.45) is 0 Å². The Hall–Kier alpha value is -3.42. The molecule has 8 heteroatoms. The molecule has 0 aliphatic carbocycles. The summed E-state index contributed by atoms with van der Waals surface area (Å²) in [5.74, 6) is -0.384. The largest absolute Gasteiger partial charge is 0.438 e. The summed E-state index contributed by atoms with van der Waals surface area (Å²) >= 11 is 0. The van der Waals surface area contributed by atoms with Crippen molar-refractivity contribution in [2.45, 2.75) is 13.1 Å². The van der Waals surface area contributed by atoms with Gasteiger partial charge in [-0.15, -0.1) is 0 Å². The average Bonchev–Trinajstić information content (AvgIpc) is 2.62. The molecular formula is C19H14F3N3O2. The van der Waals surface area contributed by atoms with E-state index < -0.39 is 17.6 Å². The van der Waals surface area contributed by atoms with Crippen LogP contribution in [0.5, 0.6) is 11.6 Å². The van der Waals surface area contributed by atoms with E-state index in [2.05, 4.69) is 15.3 Å². The van der Waals surface area contributed by atoms with E-state index >= 15 is 0 Å². The highest BCUT2D eigenvalue weighted by Gasteiger charge is 2.30. The van der Waals surface area contributed by atoms with Gasteiger partial charge in [-0.3, -0.25) is 4.79 Å². The highest BCUT2D eigenvalue weighted by molar-refractivity contribution is 6.05. The Morgan fingerprint density at radius 2 is 1.85 bits per heavy atom. The van der Waals surface area contributed by atoms with Gasteiger partial charge in [0.2, 0.25) is 5.88 Å². The Labute approximate surface area is 152 Å². The molecule has 0 aliphatic heterocycles. The molecule has 2 aromatic heterocycles. The van der Waals surface area contributed by atoms with Gasteiger partial charge in [0.25, 0.3) is 5.91 Å². The lowest BCUT2D eigenvalue weighted by molar-refractivity contribution is -0.137. The Kier molecular flexibility index (Phi) is 5.07. The molecule has 0 bridgehead atoms. The van der Waals surface area contributed by atoms with Gasteiger partial charge >= 0.3 is 6.18 Å². The number of pyridine rings is 2. The van der Waals surface area contributed by atoms with Crippen LogP contribution < -0.4 is 10.1 Å². The van der Waals surface area contributed by atoms with Crippen LogP contribution in [0.4, 0.5) is 19.0 Å². The molecular weight excluding hydrogens is 359 g/mol. The molecule has 138 valence electrons. The molecule has 27 heavy (non-hydrogen) atoms. The lowest BCUT2D eigenvalue weighted by atomic mass is 10.2. The predicted molar refractivity (Wildman–Crippen MR) is 92.7 cm³/mol. The number of nitrogens with one attached hydrogen (secondary N) is 1. The van der Waals surface area contributed by atoms with Crippen LogP contribution >= 0.6 is 0 Å². The lowest BCUT2D eigenvalue weighted by Crippen LogP contribution is -2.14. The summed E-state index contributed by atoms with van der Waals surface area (Å²) in [4.78, 5) is 20.6. The summed E-state index contributed by atoms with van der Waals surface area (Å²) < 4.78 is 44.0. The molecule has 0 saturated carbocycles. The van der Waals surface area contributed by atoms with E-state index in [0.29, 0.717) is 5.82 Å². The van der Waals surface area contributed by atoms with Crippen molar-refractivity contribution in [3.63, 3.8) is 0 Å². The number of carbonyl (C=O) groups excluding carboxylic acids is 1. The number of aryl methyl sites for hydroxylation is 1. The van der Waals surface area contributed by atoms with Gasteiger partial charge < -0.3 is 10.1 Å². The summed E-state index contributed by atoms with van der Waals surface area (Å²) in [6.07, 6.45) is -3.12. The number of carbonyl (C=O) groups is 1. The molecule has 0 spiro atoms. The van der Waals surface area contributed by atoms with E-state index in [1.165, 1.54) is 30.5 Å². The second-order valence-electron chi connectivity index (χ2n) is 5.60. The molecule has 1 aromatic carbocycles. The summed E-state index contributed by atoms with van der Waals surface area (Å²) in [5, 5.41) is 2.61. The van der Waals surface area contributed by atoms with E-state index in [1.54, 1.807) is 25.1 Å². The molecule has 0 saturated heterocycles. The van der Waals surface area contributed by atoms with Crippen LogP contribution in [0.2, 0.25) is 0 Å². The maximum Gasteiger partial charge on any atom is 0.416 e. The van der Waals surface area contributed by atoms with Crippen LogP contribution in [-0.4, -0.2) is 15.9 Å². The number of hydrogen-bond donors (Lipinski definition) is 1. The summed E-state index contributed by atoms with van der Waals surface area (Å²) in [5.41, 5.74) is -0.0662. The SMILES string of the molecule is Cc1cccc(NC(=O)c2cccnc2Oc2cccc(C(F)(F)F)c2)n1. The van der Waals surface area contributed by atoms with Gasteiger partial charge in [-0.1, -0.05) is 12.1 Å². The third-order valence-electron chi connectivity index (χ3n) is 3.52. The molecule has 3 aromatic rings. The van der Waals surface area contributed by atoms with E-state index in [4.69, 9.17) is 4.74 Å². The van der Waals surface area contributed by atoms with E-state index in [9.17, 15) is 18.0 Å². The first-order valence-electron chi connectivity index (χ1n) is 7.88. The first kappa shape index (κ1) is 18.4. The average molecular weight is 373 g/mol. The van der Waals surface area contributed by atoms with Crippen molar-refractivity contribution in [1.82, 2.24) is 9.97 Å². The van der Waals surface area contributed by atoms with Crippen molar-refractivity contribution in [2.75, 3.05) is 5.32 Å². The molecule has 0 atom stereocenters. The molecule has 0 unspecified atom stereocenters. The van der Waals surface area contributed by atoms with E-state index in [0.717, 1.165) is 17.8 Å². The highest BCUT2D eigenvalue weighted by Crippen LogP contribution is 2.33. The zero-order chi connectivity index (χ0) is 19.4. The van der Waals surface area contributed by atoms with Crippen molar-refractivity contribution in [1.29, 1.82) is 0 Å². The lowest BCUT2D eigenvalue weighted by Gasteiger charge is -2.12. The van der Waals surface area contributed by atoms with Gasteiger partial charge in [0.15, 0.2) is 0 Å². The van der Waals surface area contributed by atoms with E-state index in [1.807, 2.05) is 0 Å². The summed E-state index contributed by atoms with van der Waals surface area (Å²) in [6, 6.07) is 12.5. The maximum atomic E-state index is 12.8. The van der Waals surface area contributed by atoms with Crippen LogP contribution in [0.15, 0.2) is 60.8 Å². The molecule has 1 N–H and O–H groups in total. The number of amides is 1. The topological polar surface area (TPSA) is 64.1 Å². The van der Waals surface area contributed by atoms with Gasteiger partial charge in [0.05, 0.1) is 5.56 Å². The highest BCUT2D eigenvalue weighted by atomic mass is 19.4. The monoisotopic (exact) mass is 373 g/mol. The van der Waals surface area contributed by atoms with Crippen LogP contribution in [0.25, 0.3) is 0 Å². The summed E-state index contributed by atoms with van der Waals surface area (Å²) in [6.45, 7) is 1.78. The molecule has 0 radical (unpaired) electrons. The van der Waals surface area contributed by atoms with E-state index in [-0.39, 0.29) is 17.2 Å². The fourth-order valence-corrected chi connectivity index (χ4v) is 2.29. The number of alkyl halides is 3. The Morgan fingerprint density at radius 3 is 2.59 bits per heavy atom. The number of nitrogens with zero attached hydrogens (tertiary/aromatic N) is 2. The van der Waals surface area contributed by atoms with Crippen molar-refractivity contribution < 1.29 is 22.7 Å². The second-order valence-corrected chi connectivity index (χ2v) is 5.60. The van der Waals surface area contributed by atoms with Crippen LogP contribution in [0.3, 0.4) is 0 Å². The first-order chi connectivity index (χ1) is 12.8. The minimum atomic E-state index is -4.50. The Bertz CT molecular complexity index is 974. The van der Waals surface area contributed by atoms with Crippen LogP contribution in [0, 0.1) is 6.92 Å². The molecule has 3 rings (SSSR count). The summed E-state index contributed by atoms with van der Waals surface area (Å²) in [7, 11) is 0. The van der Waals surface area contributed by atoms with Gasteiger partial charge in [0.1, 0.15) is 17.1 Å². The predicted octanol–water partition coefficient (Wildman–Crippen LogP) is 4.85. The quantitative estimate of drug-likeness (QED) is 0.710. The van der Waals surface area contributed by atoms with Crippen molar-refractivity contribution in [3.05, 3.63) is 77.6 Å². The second kappa shape index (κ2) is 7.45. The first-order valence-corrected chi connectivity index (χ1v) is 7.88. The van der Waals surface area contributed by atoms with Gasteiger partial charge in [-0.05, 0) is 49.4 Å².